The van der Waals surface area contributed by atoms with E-state index in [-0.39, 0.29) is 5.91 Å². The first-order valence-corrected chi connectivity index (χ1v) is 6.60. The normalized spacial score (nSPS) is 18.1. The van der Waals surface area contributed by atoms with E-state index >= 15 is 0 Å². The summed E-state index contributed by atoms with van der Waals surface area (Å²) in [5.74, 6) is -1.82. The van der Waals surface area contributed by atoms with Crippen LogP contribution in [0, 0.1) is 0 Å². The van der Waals surface area contributed by atoms with Crippen molar-refractivity contribution in [2.75, 3.05) is 6.54 Å². The number of primary amides is 1. The van der Waals surface area contributed by atoms with Gasteiger partial charge in [0.2, 0.25) is 5.91 Å². The molecule has 0 bridgehead atoms. The highest BCUT2D eigenvalue weighted by Gasteiger charge is 2.33. The first-order chi connectivity index (χ1) is 9.99. The molecule has 110 valence electrons. The van der Waals surface area contributed by atoms with E-state index in [2.05, 4.69) is 0 Å². The number of hydrogen-bond donors (Lipinski definition) is 2. The fraction of sp³-hybridized carbons (Fsp3) is 0.267. The Bertz CT molecular complexity index is 609. The van der Waals surface area contributed by atoms with Crippen LogP contribution in [0.1, 0.15) is 28.8 Å². The Morgan fingerprint density at radius 3 is 2.76 bits per heavy atom. The average molecular weight is 288 g/mol. The van der Waals surface area contributed by atoms with Gasteiger partial charge in [-0.2, -0.15) is 0 Å². The molecular formula is C15H16N2O4. The fourth-order valence-electron chi connectivity index (χ4n) is 2.41. The van der Waals surface area contributed by atoms with Crippen LogP contribution in [0.25, 0.3) is 6.08 Å². The van der Waals surface area contributed by atoms with Crippen LogP contribution in [0.2, 0.25) is 0 Å². The Hall–Kier alpha value is -2.63. The molecule has 2 amide bonds. The first-order valence-electron chi connectivity index (χ1n) is 6.60. The van der Waals surface area contributed by atoms with E-state index in [9.17, 15) is 14.4 Å². The van der Waals surface area contributed by atoms with Crippen molar-refractivity contribution in [2.24, 2.45) is 5.73 Å². The molecule has 0 saturated carbocycles. The SMILES string of the molecule is NC(=O)C1CCCN1C(=O)c1cccc(C=CC(=O)O)c1. The van der Waals surface area contributed by atoms with Gasteiger partial charge in [-0.3, -0.25) is 9.59 Å². The van der Waals surface area contributed by atoms with Crippen LogP contribution in [0.5, 0.6) is 0 Å². The average Bonchev–Trinajstić information content (AvgIpc) is 2.94. The fourth-order valence-corrected chi connectivity index (χ4v) is 2.41. The van der Waals surface area contributed by atoms with Gasteiger partial charge in [-0.05, 0) is 36.6 Å². The molecule has 1 heterocycles. The molecule has 1 atom stereocenters. The number of amides is 2. The third-order valence-corrected chi connectivity index (χ3v) is 3.39. The minimum absolute atomic E-state index is 0.262. The van der Waals surface area contributed by atoms with Gasteiger partial charge in [0, 0.05) is 18.2 Å². The van der Waals surface area contributed by atoms with Gasteiger partial charge in [0.05, 0.1) is 0 Å². The molecule has 1 unspecified atom stereocenters. The van der Waals surface area contributed by atoms with Gasteiger partial charge < -0.3 is 15.7 Å². The van der Waals surface area contributed by atoms with Crippen molar-refractivity contribution >= 4 is 23.9 Å². The van der Waals surface area contributed by atoms with Crippen molar-refractivity contribution < 1.29 is 19.5 Å². The van der Waals surface area contributed by atoms with Crippen molar-refractivity contribution in [1.82, 2.24) is 4.90 Å². The molecule has 6 heteroatoms. The minimum Gasteiger partial charge on any atom is -0.478 e. The molecule has 0 aliphatic carbocycles. The number of carbonyl (C=O) groups is 3. The Morgan fingerprint density at radius 1 is 1.33 bits per heavy atom. The Morgan fingerprint density at radius 2 is 2.10 bits per heavy atom. The van der Waals surface area contributed by atoms with Crippen LogP contribution in [0.4, 0.5) is 0 Å². The molecule has 1 aliphatic rings. The van der Waals surface area contributed by atoms with Gasteiger partial charge in [-0.1, -0.05) is 12.1 Å². The van der Waals surface area contributed by atoms with E-state index in [1.54, 1.807) is 24.3 Å². The van der Waals surface area contributed by atoms with Crippen molar-refractivity contribution in [3.63, 3.8) is 0 Å². The van der Waals surface area contributed by atoms with Crippen LogP contribution in [-0.4, -0.2) is 40.4 Å². The van der Waals surface area contributed by atoms with Crippen LogP contribution in [-0.2, 0) is 9.59 Å². The van der Waals surface area contributed by atoms with Crippen molar-refractivity contribution in [1.29, 1.82) is 0 Å². The molecule has 1 aromatic rings. The first kappa shape index (κ1) is 14.8. The predicted octanol–water partition coefficient (Wildman–Crippen LogP) is 0.874. The zero-order valence-corrected chi connectivity index (χ0v) is 11.4. The number of carboxylic acid groups (broad SMARTS) is 1. The van der Waals surface area contributed by atoms with Crippen molar-refractivity contribution in [2.45, 2.75) is 18.9 Å². The topological polar surface area (TPSA) is 101 Å². The lowest BCUT2D eigenvalue weighted by Gasteiger charge is -2.22. The summed E-state index contributed by atoms with van der Waals surface area (Å²) in [6.07, 6.45) is 3.75. The van der Waals surface area contributed by atoms with E-state index in [4.69, 9.17) is 10.8 Å². The van der Waals surface area contributed by atoms with Gasteiger partial charge in [0.15, 0.2) is 0 Å². The summed E-state index contributed by atoms with van der Waals surface area (Å²) < 4.78 is 0. The molecule has 3 N–H and O–H groups in total. The third-order valence-electron chi connectivity index (χ3n) is 3.39. The second-order valence-electron chi connectivity index (χ2n) is 4.86. The molecule has 0 radical (unpaired) electrons. The number of carboxylic acids is 1. The van der Waals surface area contributed by atoms with E-state index in [1.165, 1.54) is 11.0 Å². The second-order valence-corrected chi connectivity index (χ2v) is 4.86. The number of nitrogens with two attached hydrogens (primary N) is 1. The number of likely N-dealkylation sites (tertiary alicyclic amines) is 1. The molecule has 0 aromatic heterocycles. The minimum atomic E-state index is -1.06. The van der Waals surface area contributed by atoms with Crippen molar-refractivity contribution in [3.05, 3.63) is 41.5 Å². The molecule has 1 aromatic carbocycles. The van der Waals surface area contributed by atoms with Crippen LogP contribution >= 0.6 is 0 Å². The predicted molar refractivity (Wildman–Crippen MR) is 76.4 cm³/mol. The zero-order valence-electron chi connectivity index (χ0n) is 11.4. The summed E-state index contributed by atoms with van der Waals surface area (Å²) in [5, 5.41) is 8.61. The molecule has 1 saturated heterocycles. The molecule has 1 fully saturated rings. The number of benzene rings is 1. The van der Waals surface area contributed by atoms with Gasteiger partial charge in [-0.25, -0.2) is 4.79 Å². The number of aliphatic carboxylic acids is 1. The van der Waals surface area contributed by atoms with Crippen LogP contribution < -0.4 is 5.73 Å². The highest BCUT2D eigenvalue weighted by molar-refractivity contribution is 5.98. The summed E-state index contributed by atoms with van der Waals surface area (Å²) in [5.41, 5.74) is 6.33. The molecule has 1 aliphatic heterocycles. The second kappa shape index (κ2) is 6.21. The summed E-state index contributed by atoms with van der Waals surface area (Å²) >= 11 is 0. The maximum atomic E-state index is 12.4. The maximum Gasteiger partial charge on any atom is 0.328 e. The molecule has 21 heavy (non-hydrogen) atoms. The standard InChI is InChI=1S/C15H16N2O4/c16-14(20)12-5-2-8-17(12)15(21)11-4-1-3-10(9-11)6-7-13(18)19/h1,3-4,6-7,9,12H,2,5,8H2,(H2,16,20)(H,18,19). The number of rotatable bonds is 4. The summed E-state index contributed by atoms with van der Waals surface area (Å²) in [7, 11) is 0. The van der Waals surface area contributed by atoms with Crippen LogP contribution in [0.15, 0.2) is 30.3 Å². The Kier molecular flexibility index (Phi) is 4.37. The third kappa shape index (κ3) is 3.47. The van der Waals surface area contributed by atoms with E-state index in [0.29, 0.717) is 24.1 Å². The molecule has 0 spiro atoms. The van der Waals surface area contributed by atoms with E-state index in [1.807, 2.05) is 0 Å². The highest BCUT2D eigenvalue weighted by atomic mass is 16.4. The van der Waals surface area contributed by atoms with Gasteiger partial charge >= 0.3 is 5.97 Å². The lowest BCUT2D eigenvalue weighted by atomic mass is 10.1. The molecule has 6 nitrogen and oxygen atoms in total. The summed E-state index contributed by atoms with van der Waals surface area (Å²) in [6.45, 7) is 0.502. The van der Waals surface area contributed by atoms with E-state index < -0.39 is 17.9 Å². The Labute approximate surface area is 121 Å². The molecule has 2 rings (SSSR count). The lowest BCUT2D eigenvalue weighted by Crippen LogP contribution is -2.43. The number of carbonyl (C=O) groups excluding carboxylic acids is 2. The van der Waals surface area contributed by atoms with Gasteiger partial charge in [0.25, 0.3) is 5.91 Å². The van der Waals surface area contributed by atoms with E-state index in [0.717, 1.165) is 12.5 Å². The van der Waals surface area contributed by atoms with Crippen LogP contribution in [0.3, 0.4) is 0 Å². The van der Waals surface area contributed by atoms with Gasteiger partial charge in [0.1, 0.15) is 6.04 Å². The highest BCUT2D eigenvalue weighted by Crippen LogP contribution is 2.20. The summed E-state index contributed by atoms with van der Waals surface area (Å²) in [4.78, 5) is 35.8. The lowest BCUT2D eigenvalue weighted by molar-refractivity contribution is -0.131. The largest absolute Gasteiger partial charge is 0.478 e. The quantitative estimate of drug-likeness (QED) is 0.803. The number of hydrogen-bond acceptors (Lipinski definition) is 3. The van der Waals surface area contributed by atoms with Gasteiger partial charge in [-0.15, -0.1) is 0 Å². The summed E-state index contributed by atoms with van der Waals surface area (Å²) in [6, 6.07) is 6.04. The molecular weight excluding hydrogens is 272 g/mol. The monoisotopic (exact) mass is 288 g/mol. The zero-order chi connectivity index (χ0) is 15.4. The Balaban J connectivity index is 2.21. The maximum absolute atomic E-state index is 12.4. The number of nitrogens with zero attached hydrogens (tertiary/aromatic N) is 1. The smallest absolute Gasteiger partial charge is 0.328 e. The van der Waals surface area contributed by atoms with Crippen molar-refractivity contribution in [3.8, 4) is 0 Å².